The summed E-state index contributed by atoms with van der Waals surface area (Å²) in [6.07, 6.45) is 7.12. The molecule has 1 unspecified atom stereocenters. The normalized spacial score (nSPS) is 27.0. The molecule has 1 aliphatic heterocycles. The average Bonchev–Trinajstić information content (AvgIpc) is 2.70. The lowest BCUT2D eigenvalue weighted by Gasteiger charge is -2.39. The van der Waals surface area contributed by atoms with Gasteiger partial charge in [0, 0.05) is 12.6 Å². The lowest BCUT2D eigenvalue weighted by Crippen LogP contribution is -2.51. The van der Waals surface area contributed by atoms with Crippen molar-refractivity contribution in [1.29, 1.82) is 0 Å². The molecule has 0 radical (unpaired) electrons. The monoisotopic (exact) mass is 239 g/mol. The summed E-state index contributed by atoms with van der Waals surface area (Å²) in [5, 5.41) is 9.53. The van der Waals surface area contributed by atoms with Gasteiger partial charge in [0.1, 0.15) is 0 Å². The average molecular weight is 239 g/mol. The molecule has 2 fully saturated rings. The zero-order valence-corrected chi connectivity index (χ0v) is 10.8. The summed E-state index contributed by atoms with van der Waals surface area (Å²) in [7, 11) is 0. The van der Waals surface area contributed by atoms with Gasteiger partial charge < -0.3 is 16.0 Å². The van der Waals surface area contributed by atoms with E-state index in [2.05, 4.69) is 22.9 Å². The highest BCUT2D eigenvalue weighted by Crippen LogP contribution is 2.45. The minimum absolute atomic E-state index is 0.0247. The van der Waals surface area contributed by atoms with Gasteiger partial charge in [-0.15, -0.1) is 0 Å². The fourth-order valence-electron chi connectivity index (χ4n) is 3.33. The third kappa shape index (κ3) is 2.92. The lowest BCUT2D eigenvalue weighted by molar-refractivity contribution is 0.159. The topological polar surface area (TPSA) is 53.2 Å². The Morgan fingerprint density at radius 2 is 2.12 bits per heavy atom. The van der Waals surface area contributed by atoms with E-state index in [0.29, 0.717) is 11.5 Å². The van der Waals surface area contributed by atoms with Crippen LogP contribution >= 0.6 is 0 Å². The van der Waals surface area contributed by atoms with Gasteiger partial charge in [0.15, 0.2) is 0 Å². The molecule has 1 atom stereocenters. The maximum absolute atomic E-state index is 11.7. The van der Waals surface area contributed by atoms with Gasteiger partial charge in [-0.3, -0.25) is 0 Å². The molecule has 4 nitrogen and oxygen atoms in total. The molecule has 3 N–H and O–H groups in total. The first-order valence-corrected chi connectivity index (χ1v) is 7.02. The Kier molecular flexibility index (Phi) is 4.26. The Morgan fingerprint density at radius 3 is 2.82 bits per heavy atom. The number of nitrogens with one attached hydrogen (secondary N) is 3. The standard InChI is InChI=1S/C13H25N3O/c1-2-8-15-12(17)16-11-4-3-5-13(11)6-9-14-10-7-13/h11,14H,2-10H2,1H3,(H2,15,16,17). The highest BCUT2D eigenvalue weighted by Gasteiger charge is 2.43. The van der Waals surface area contributed by atoms with Crippen molar-refractivity contribution in [2.75, 3.05) is 19.6 Å². The van der Waals surface area contributed by atoms with Gasteiger partial charge in [0.25, 0.3) is 0 Å². The molecule has 98 valence electrons. The third-order valence-corrected chi connectivity index (χ3v) is 4.35. The van der Waals surface area contributed by atoms with Crippen molar-refractivity contribution < 1.29 is 4.79 Å². The summed E-state index contributed by atoms with van der Waals surface area (Å²) >= 11 is 0. The summed E-state index contributed by atoms with van der Waals surface area (Å²) in [5.41, 5.74) is 0.384. The predicted octanol–water partition coefficient (Wildman–Crippen LogP) is 1.62. The van der Waals surface area contributed by atoms with Crippen LogP contribution in [0.2, 0.25) is 0 Å². The van der Waals surface area contributed by atoms with Crippen LogP contribution in [0.5, 0.6) is 0 Å². The summed E-state index contributed by atoms with van der Waals surface area (Å²) in [6.45, 7) is 5.06. The first kappa shape index (κ1) is 12.7. The molecule has 2 aliphatic rings. The minimum Gasteiger partial charge on any atom is -0.338 e. The number of hydrogen-bond acceptors (Lipinski definition) is 2. The molecule has 1 aliphatic carbocycles. The fourth-order valence-corrected chi connectivity index (χ4v) is 3.33. The first-order valence-electron chi connectivity index (χ1n) is 7.02. The second-order valence-electron chi connectivity index (χ2n) is 5.46. The maximum Gasteiger partial charge on any atom is 0.315 e. The SMILES string of the molecule is CCCNC(=O)NC1CCCC12CCNCC2. The predicted molar refractivity (Wildman–Crippen MR) is 69.0 cm³/mol. The molecule has 1 saturated carbocycles. The van der Waals surface area contributed by atoms with Crippen molar-refractivity contribution in [3.05, 3.63) is 0 Å². The van der Waals surface area contributed by atoms with E-state index in [1.54, 1.807) is 0 Å². The molecule has 0 aromatic rings. The van der Waals surface area contributed by atoms with Crippen molar-refractivity contribution in [1.82, 2.24) is 16.0 Å². The Hall–Kier alpha value is -0.770. The van der Waals surface area contributed by atoms with E-state index in [0.717, 1.165) is 32.5 Å². The number of urea groups is 1. The van der Waals surface area contributed by atoms with E-state index < -0.39 is 0 Å². The summed E-state index contributed by atoms with van der Waals surface area (Å²) in [4.78, 5) is 11.7. The van der Waals surface area contributed by atoms with E-state index >= 15 is 0 Å². The van der Waals surface area contributed by atoms with Crippen LogP contribution in [0.1, 0.15) is 45.4 Å². The molecule has 1 spiro atoms. The van der Waals surface area contributed by atoms with Crippen molar-refractivity contribution in [2.45, 2.75) is 51.5 Å². The van der Waals surface area contributed by atoms with Gasteiger partial charge in [-0.05, 0) is 50.6 Å². The zero-order valence-electron chi connectivity index (χ0n) is 10.8. The van der Waals surface area contributed by atoms with Crippen LogP contribution in [-0.2, 0) is 0 Å². The second kappa shape index (κ2) is 5.71. The van der Waals surface area contributed by atoms with Crippen molar-refractivity contribution >= 4 is 6.03 Å². The Bertz CT molecular complexity index is 261. The fraction of sp³-hybridized carbons (Fsp3) is 0.923. The quantitative estimate of drug-likeness (QED) is 0.701. The molecule has 4 heteroatoms. The summed E-state index contributed by atoms with van der Waals surface area (Å²) < 4.78 is 0. The molecule has 17 heavy (non-hydrogen) atoms. The molecule has 0 bridgehead atoms. The van der Waals surface area contributed by atoms with E-state index in [9.17, 15) is 4.79 Å². The van der Waals surface area contributed by atoms with Crippen molar-refractivity contribution in [2.24, 2.45) is 5.41 Å². The minimum atomic E-state index is 0.0247. The zero-order chi connectivity index (χ0) is 12.1. The number of hydrogen-bond donors (Lipinski definition) is 3. The van der Waals surface area contributed by atoms with E-state index in [4.69, 9.17) is 0 Å². The number of carbonyl (C=O) groups is 1. The Labute approximate surface area is 104 Å². The van der Waals surface area contributed by atoms with Crippen LogP contribution in [0.4, 0.5) is 4.79 Å². The van der Waals surface area contributed by atoms with E-state index in [-0.39, 0.29) is 6.03 Å². The second-order valence-corrected chi connectivity index (χ2v) is 5.46. The van der Waals surface area contributed by atoms with Gasteiger partial charge in [-0.25, -0.2) is 4.79 Å². The van der Waals surface area contributed by atoms with Crippen LogP contribution in [0.15, 0.2) is 0 Å². The molecular formula is C13H25N3O. The number of amides is 2. The van der Waals surface area contributed by atoms with Crippen molar-refractivity contribution in [3.8, 4) is 0 Å². The van der Waals surface area contributed by atoms with Crippen LogP contribution in [-0.4, -0.2) is 31.7 Å². The van der Waals surface area contributed by atoms with Gasteiger partial charge >= 0.3 is 6.03 Å². The maximum atomic E-state index is 11.7. The molecule has 1 heterocycles. The van der Waals surface area contributed by atoms with E-state index in [1.165, 1.54) is 25.7 Å². The Balaban J connectivity index is 1.88. The van der Waals surface area contributed by atoms with Gasteiger partial charge in [0.05, 0.1) is 0 Å². The molecule has 0 aromatic heterocycles. The van der Waals surface area contributed by atoms with Gasteiger partial charge in [-0.2, -0.15) is 0 Å². The van der Waals surface area contributed by atoms with Gasteiger partial charge in [0.2, 0.25) is 0 Å². The van der Waals surface area contributed by atoms with Crippen LogP contribution in [0.25, 0.3) is 0 Å². The first-order chi connectivity index (χ1) is 8.27. The van der Waals surface area contributed by atoms with Crippen LogP contribution in [0.3, 0.4) is 0 Å². The van der Waals surface area contributed by atoms with Crippen molar-refractivity contribution in [3.63, 3.8) is 0 Å². The van der Waals surface area contributed by atoms with Gasteiger partial charge in [-0.1, -0.05) is 13.3 Å². The van der Waals surface area contributed by atoms with Crippen LogP contribution in [0, 0.1) is 5.41 Å². The number of piperidine rings is 1. The van der Waals surface area contributed by atoms with E-state index in [1.807, 2.05) is 0 Å². The van der Waals surface area contributed by atoms with Crippen LogP contribution < -0.4 is 16.0 Å². The summed E-state index contributed by atoms with van der Waals surface area (Å²) in [6, 6.07) is 0.415. The molecule has 2 amide bonds. The highest BCUT2D eigenvalue weighted by molar-refractivity contribution is 5.74. The third-order valence-electron chi connectivity index (χ3n) is 4.35. The lowest BCUT2D eigenvalue weighted by atomic mass is 9.74. The largest absolute Gasteiger partial charge is 0.338 e. The highest BCUT2D eigenvalue weighted by atomic mass is 16.2. The molecule has 1 saturated heterocycles. The summed E-state index contributed by atoms with van der Waals surface area (Å²) in [5.74, 6) is 0. The Morgan fingerprint density at radius 1 is 1.35 bits per heavy atom. The number of carbonyl (C=O) groups excluding carboxylic acids is 1. The molecular weight excluding hydrogens is 214 g/mol. The number of rotatable bonds is 3. The molecule has 2 rings (SSSR count). The molecule has 0 aromatic carbocycles. The smallest absolute Gasteiger partial charge is 0.315 e.